The lowest BCUT2D eigenvalue weighted by Gasteiger charge is -2.35. The van der Waals surface area contributed by atoms with E-state index < -0.39 is 5.54 Å². The van der Waals surface area contributed by atoms with Crippen molar-refractivity contribution in [3.63, 3.8) is 0 Å². The minimum absolute atomic E-state index is 0.338. The van der Waals surface area contributed by atoms with E-state index in [4.69, 9.17) is 4.74 Å². The van der Waals surface area contributed by atoms with Crippen LogP contribution in [0.3, 0.4) is 0 Å². The lowest BCUT2D eigenvalue weighted by molar-refractivity contribution is -0.191. The van der Waals surface area contributed by atoms with Crippen molar-refractivity contribution in [2.75, 3.05) is 7.11 Å². The van der Waals surface area contributed by atoms with Crippen molar-refractivity contribution in [2.24, 2.45) is 0 Å². The SMILES string of the molecule is COC1=CC(C)(C)N(O)C1(C)C. The highest BCUT2D eigenvalue weighted by molar-refractivity contribution is 5.24. The van der Waals surface area contributed by atoms with Crippen LogP contribution in [-0.2, 0) is 4.74 Å². The van der Waals surface area contributed by atoms with Crippen molar-refractivity contribution in [1.82, 2.24) is 5.06 Å². The molecule has 12 heavy (non-hydrogen) atoms. The third kappa shape index (κ3) is 1.13. The number of rotatable bonds is 1. The van der Waals surface area contributed by atoms with Crippen molar-refractivity contribution < 1.29 is 9.94 Å². The fraction of sp³-hybridized carbons (Fsp3) is 0.778. The first-order valence-electron chi connectivity index (χ1n) is 4.09. The summed E-state index contributed by atoms with van der Waals surface area (Å²) in [6, 6.07) is 0. The maximum absolute atomic E-state index is 9.79. The molecule has 0 saturated heterocycles. The largest absolute Gasteiger partial charge is 0.499 e. The van der Waals surface area contributed by atoms with Gasteiger partial charge in [-0.05, 0) is 33.8 Å². The van der Waals surface area contributed by atoms with Crippen molar-refractivity contribution >= 4 is 0 Å². The summed E-state index contributed by atoms with van der Waals surface area (Å²) in [4.78, 5) is 0. The molecule has 1 N–H and O–H groups in total. The van der Waals surface area contributed by atoms with Crippen LogP contribution in [0.1, 0.15) is 27.7 Å². The number of hydrogen-bond acceptors (Lipinski definition) is 3. The van der Waals surface area contributed by atoms with E-state index in [9.17, 15) is 5.21 Å². The summed E-state index contributed by atoms with van der Waals surface area (Å²) in [5, 5.41) is 11.1. The van der Waals surface area contributed by atoms with Gasteiger partial charge in [0.15, 0.2) is 0 Å². The van der Waals surface area contributed by atoms with Crippen LogP contribution in [0, 0.1) is 0 Å². The van der Waals surface area contributed by atoms with Crippen LogP contribution in [0.15, 0.2) is 11.8 Å². The van der Waals surface area contributed by atoms with E-state index in [0.717, 1.165) is 5.76 Å². The molecule has 0 amide bonds. The zero-order chi connectivity index (χ0) is 9.57. The highest BCUT2D eigenvalue weighted by atomic mass is 16.5. The van der Waals surface area contributed by atoms with Crippen LogP contribution in [-0.4, -0.2) is 28.5 Å². The van der Waals surface area contributed by atoms with Gasteiger partial charge < -0.3 is 9.94 Å². The van der Waals surface area contributed by atoms with Gasteiger partial charge in [-0.2, -0.15) is 5.06 Å². The Kier molecular flexibility index (Phi) is 1.97. The molecular weight excluding hydrogens is 154 g/mol. The second-order valence-corrected chi connectivity index (χ2v) is 4.24. The first-order valence-corrected chi connectivity index (χ1v) is 4.09. The molecule has 0 fully saturated rings. The average molecular weight is 171 g/mol. The molecule has 0 aromatic rings. The summed E-state index contributed by atoms with van der Waals surface area (Å²) in [5.41, 5.74) is -0.757. The van der Waals surface area contributed by atoms with Gasteiger partial charge in [0.05, 0.1) is 18.2 Å². The highest BCUT2D eigenvalue weighted by Gasteiger charge is 2.46. The van der Waals surface area contributed by atoms with Crippen LogP contribution in [0.2, 0.25) is 0 Å². The third-order valence-electron chi connectivity index (χ3n) is 2.38. The first-order chi connectivity index (χ1) is 5.32. The monoisotopic (exact) mass is 171 g/mol. The predicted molar refractivity (Wildman–Crippen MR) is 46.9 cm³/mol. The van der Waals surface area contributed by atoms with Crippen LogP contribution in [0.4, 0.5) is 0 Å². The van der Waals surface area contributed by atoms with Crippen molar-refractivity contribution in [2.45, 2.75) is 38.8 Å². The molecule has 0 bridgehead atoms. The summed E-state index contributed by atoms with van der Waals surface area (Å²) >= 11 is 0. The number of nitrogens with zero attached hydrogens (tertiary/aromatic N) is 1. The van der Waals surface area contributed by atoms with Gasteiger partial charge in [0.1, 0.15) is 5.76 Å². The molecule has 0 aromatic carbocycles. The van der Waals surface area contributed by atoms with E-state index in [2.05, 4.69) is 0 Å². The van der Waals surface area contributed by atoms with Gasteiger partial charge >= 0.3 is 0 Å². The smallest absolute Gasteiger partial charge is 0.116 e. The minimum atomic E-state index is -0.418. The van der Waals surface area contributed by atoms with Gasteiger partial charge in [-0.25, -0.2) is 0 Å². The predicted octanol–water partition coefficient (Wildman–Crippen LogP) is 1.78. The molecule has 1 aliphatic rings. The summed E-state index contributed by atoms with van der Waals surface area (Å²) in [6.45, 7) is 7.75. The Morgan fingerprint density at radius 3 is 2.00 bits per heavy atom. The number of hydroxylamine groups is 2. The molecule has 1 aliphatic heterocycles. The molecule has 0 aliphatic carbocycles. The Labute approximate surface area is 73.6 Å². The van der Waals surface area contributed by atoms with E-state index in [-0.39, 0.29) is 5.54 Å². The first kappa shape index (κ1) is 9.55. The van der Waals surface area contributed by atoms with Crippen LogP contribution in [0.25, 0.3) is 0 Å². The molecule has 0 aromatic heterocycles. The van der Waals surface area contributed by atoms with Gasteiger partial charge in [0.2, 0.25) is 0 Å². The van der Waals surface area contributed by atoms with Crippen LogP contribution >= 0.6 is 0 Å². The fourth-order valence-electron chi connectivity index (χ4n) is 1.69. The van der Waals surface area contributed by atoms with Gasteiger partial charge in [-0.15, -0.1) is 0 Å². The molecule has 3 heteroatoms. The molecular formula is C9H17NO2. The van der Waals surface area contributed by atoms with E-state index in [1.165, 1.54) is 5.06 Å². The standard InChI is InChI=1S/C9H17NO2/c1-8(2)6-7(12-5)9(3,4)10(8)11/h6,11H,1-5H3. The molecule has 0 atom stereocenters. The topological polar surface area (TPSA) is 32.7 Å². The number of hydrogen-bond donors (Lipinski definition) is 1. The Morgan fingerprint density at radius 2 is 1.83 bits per heavy atom. The Hall–Kier alpha value is -0.540. The zero-order valence-corrected chi connectivity index (χ0v) is 8.38. The Morgan fingerprint density at radius 1 is 1.33 bits per heavy atom. The molecule has 0 saturated carbocycles. The minimum Gasteiger partial charge on any atom is -0.499 e. The third-order valence-corrected chi connectivity index (χ3v) is 2.38. The second kappa shape index (κ2) is 2.47. The summed E-state index contributed by atoms with van der Waals surface area (Å²) in [6.07, 6.45) is 1.94. The van der Waals surface area contributed by atoms with Crippen LogP contribution < -0.4 is 0 Å². The number of methoxy groups -OCH3 is 1. The zero-order valence-electron chi connectivity index (χ0n) is 8.38. The summed E-state index contributed by atoms with van der Waals surface area (Å²) < 4.78 is 5.19. The average Bonchev–Trinajstić information content (AvgIpc) is 2.11. The second-order valence-electron chi connectivity index (χ2n) is 4.24. The number of ether oxygens (including phenoxy) is 1. The molecule has 3 nitrogen and oxygen atoms in total. The molecule has 0 radical (unpaired) electrons. The van der Waals surface area contributed by atoms with Gasteiger partial charge in [0, 0.05) is 0 Å². The highest BCUT2D eigenvalue weighted by Crippen LogP contribution is 2.38. The molecule has 0 unspecified atom stereocenters. The molecule has 1 rings (SSSR count). The van der Waals surface area contributed by atoms with Crippen molar-refractivity contribution in [3.05, 3.63) is 11.8 Å². The van der Waals surface area contributed by atoms with E-state index in [1.807, 2.05) is 33.8 Å². The summed E-state index contributed by atoms with van der Waals surface area (Å²) in [5.74, 6) is 0.815. The maximum atomic E-state index is 9.79. The maximum Gasteiger partial charge on any atom is 0.116 e. The molecule has 1 heterocycles. The van der Waals surface area contributed by atoms with Crippen molar-refractivity contribution in [3.8, 4) is 0 Å². The Balaban J connectivity index is 3.03. The van der Waals surface area contributed by atoms with E-state index in [0.29, 0.717) is 0 Å². The van der Waals surface area contributed by atoms with Gasteiger partial charge in [-0.1, -0.05) is 0 Å². The quantitative estimate of drug-likeness (QED) is 0.652. The van der Waals surface area contributed by atoms with Crippen LogP contribution in [0.5, 0.6) is 0 Å². The van der Waals surface area contributed by atoms with E-state index in [1.54, 1.807) is 7.11 Å². The summed E-state index contributed by atoms with van der Waals surface area (Å²) in [7, 11) is 1.63. The fourth-order valence-corrected chi connectivity index (χ4v) is 1.69. The normalized spacial score (nSPS) is 27.0. The van der Waals surface area contributed by atoms with Gasteiger partial charge in [0.25, 0.3) is 0 Å². The lowest BCUT2D eigenvalue weighted by atomic mass is 10.1. The Bertz CT molecular complexity index is 219. The molecule has 0 spiro atoms. The van der Waals surface area contributed by atoms with Gasteiger partial charge in [-0.3, -0.25) is 0 Å². The lowest BCUT2D eigenvalue weighted by Crippen LogP contribution is -2.47. The van der Waals surface area contributed by atoms with E-state index >= 15 is 0 Å². The van der Waals surface area contributed by atoms with Crippen molar-refractivity contribution in [1.29, 1.82) is 0 Å². The molecule has 70 valence electrons.